The molecular formula is C11H11BrIN3O. The maximum absolute atomic E-state index is 5.65. The van der Waals surface area contributed by atoms with Gasteiger partial charge in [0.05, 0.1) is 23.5 Å². The molecule has 0 N–H and O–H groups in total. The van der Waals surface area contributed by atoms with Gasteiger partial charge in [-0.1, -0.05) is 58.1 Å². The van der Waals surface area contributed by atoms with E-state index >= 15 is 0 Å². The Balaban J connectivity index is 1.92. The third-order valence-electron chi connectivity index (χ3n) is 2.25. The van der Waals surface area contributed by atoms with E-state index in [0.717, 1.165) is 20.4 Å². The first kappa shape index (κ1) is 13.0. The minimum absolute atomic E-state index is 0.505. The van der Waals surface area contributed by atoms with Crippen LogP contribution >= 0.6 is 38.5 Å². The van der Waals surface area contributed by atoms with Crippen LogP contribution in [-0.2, 0) is 22.5 Å². The predicted molar refractivity (Wildman–Crippen MR) is 76.7 cm³/mol. The van der Waals surface area contributed by atoms with Crippen molar-refractivity contribution in [3.05, 3.63) is 46.2 Å². The molecule has 0 atom stereocenters. The molecule has 17 heavy (non-hydrogen) atoms. The maximum Gasteiger partial charge on any atom is 0.154 e. The molecule has 0 spiro atoms. The zero-order valence-electron chi connectivity index (χ0n) is 9.01. The van der Waals surface area contributed by atoms with Crippen LogP contribution in [0.25, 0.3) is 0 Å². The lowest BCUT2D eigenvalue weighted by Crippen LogP contribution is -2.04. The smallest absolute Gasteiger partial charge is 0.154 e. The zero-order valence-corrected chi connectivity index (χ0v) is 12.8. The van der Waals surface area contributed by atoms with E-state index in [2.05, 4.69) is 48.8 Å². The van der Waals surface area contributed by atoms with Crippen LogP contribution in [0.4, 0.5) is 0 Å². The summed E-state index contributed by atoms with van der Waals surface area (Å²) in [6, 6.07) is 10.1. The number of aromatic nitrogens is 3. The van der Waals surface area contributed by atoms with E-state index < -0.39 is 0 Å². The van der Waals surface area contributed by atoms with Crippen molar-refractivity contribution in [1.29, 1.82) is 0 Å². The number of rotatable bonds is 5. The quantitative estimate of drug-likeness (QED) is 0.564. The lowest BCUT2D eigenvalue weighted by Gasteiger charge is -2.05. The van der Waals surface area contributed by atoms with Crippen molar-refractivity contribution in [3.8, 4) is 0 Å². The van der Waals surface area contributed by atoms with Gasteiger partial charge in [-0.05, 0) is 21.5 Å². The van der Waals surface area contributed by atoms with Gasteiger partial charge in [-0.15, -0.1) is 5.10 Å². The Kier molecular flexibility index (Phi) is 4.93. The second-order valence-corrected chi connectivity index (χ2v) is 4.86. The van der Waals surface area contributed by atoms with Crippen LogP contribution in [0, 0.1) is 0 Å². The number of alkyl halides is 1. The molecule has 2 rings (SSSR count). The highest BCUT2D eigenvalue weighted by atomic mass is 127. The Morgan fingerprint density at radius 3 is 2.71 bits per heavy atom. The minimum Gasteiger partial charge on any atom is -0.370 e. The Labute approximate surface area is 122 Å². The molecule has 0 aliphatic heterocycles. The summed E-state index contributed by atoms with van der Waals surface area (Å²) in [6.07, 6.45) is 0. The molecule has 0 aliphatic carbocycles. The van der Waals surface area contributed by atoms with Crippen LogP contribution in [0.5, 0.6) is 0 Å². The molecule has 0 saturated carbocycles. The topological polar surface area (TPSA) is 39.9 Å². The van der Waals surface area contributed by atoms with Crippen LogP contribution in [0.15, 0.2) is 34.9 Å². The summed E-state index contributed by atoms with van der Waals surface area (Å²) in [4.78, 5) is 0. The maximum atomic E-state index is 5.65. The normalized spacial score (nSPS) is 10.7. The first-order chi connectivity index (χ1) is 8.31. The first-order valence-electron chi connectivity index (χ1n) is 5.06. The summed E-state index contributed by atoms with van der Waals surface area (Å²) >= 11 is 5.61. The van der Waals surface area contributed by atoms with E-state index in [0.29, 0.717) is 13.2 Å². The lowest BCUT2D eigenvalue weighted by molar-refractivity contribution is 0.102. The molecule has 0 fully saturated rings. The van der Waals surface area contributed by atoms with Gasteiger partial charge in [0.25, 0.3) is 0 Å². The Hall–Kier alpha value is -0.470. The van der Waals surface area contributed by atoms with Gasteiger partial charge >= 0.3 is 0 Å². The molecule has 0 bridgehead atoms. The average molecular weight is 408 g/mol. The fraction of sp³-hybridized carbons (Fsp3) is 0.273. The van der Waals surface area contributed by atoms with Gasteiger partial charge in [-0.3, -0.25) is 0 Å². The van der Waals surface area contributed by atoms with E-state index in [4.69, 9.17) is 4.74 Å². The highest BCUT2D eigenvalue weighted by molar-refractivity contribution is 14.1. The van der Waals surface area contributed by atoms with Gasteiger partial charge in [0.1, 0.15) is 0 Å². The summed E-state index contributed by atoms with van der Waals surface area (Å²) in [5, 5.41) is 7.95. The molecule has 90 valence electrons. The van der Waals surface area contributed by atoms with Gasteiger partial charge in [-0.2, -0.15) is 0 Å². The monoisotopic (exact) mass is 407 g/mol. The summed E-state index contributed by atoms with van der Waals surface area (Å²) in [7, 11) is 0. The molecule has 6 heteroatoms. The number of nitrogens with zero attached hydrogens (tertiary/aromatic N) is 3. The standard InChI is InChI=1S/C11H11BrIN3O/c12-11-10(16(8-13)15-14-11)7-17-6-9-4-2-1-3-5-9/h1-5H,6-8H2. The van der Waals surface area contributed by atoms with Gasteiger partial charge in [0.2, 0.25) is 0 Å². The van der Waals surface area contributed by atoms with Crippen molar-refractivity contribution in [3.63, 3.8) is 0 Å². The molecule has 0 amide bonds. The van der Waals surface area contributed by atoms with Crippen molar-refractivity contribution in [2.75, 3.05) is 0 Å². The van der Waals surface area contributed by atoms with Crippen LogP contribution < -0.4 is 0 Å². The average Bonchev–Trinajstić information content (AvgIpc) is 2.72. The Morgan fingerprint density at radius 1 is 1.24 bits per heavy atom. The molecule has 1 aromatic carbocycles. The number of benzene rings is 1. The summed E-state index contributed by atoms with van der Waals surface area (Å²) in [5.74, 6) is 0. The number of hydrogen-bond donors (Lipinski definition) is 0. The Bertz CT molecular complexity index is 475. The molecule has 4 nitrogen and oxygen atoms in total. The van der Waals surface area contributed by atoms with Gasteiger partial charge in [0, 0.05) is 0 Å². The second-order valence-electron chi connectivity index (χ2n) is 3.42. The summed E-state index contributed by atoms with van der Waals surface area (Å²) < 4.78 is 8.98. The number of halogens is 2. The van der Waals surface area contributed by atoms with E-state index in [9.17, 15) is 0 Å². The number of hydrogen-bond acceptors (Lipinski definition) is 3. The van der Waals surface area contributed by atoms with Crippen LogP contribution in [-0.4, -0.2) is 15.0 Å². The molecule has 0 radical (unpaired) electrons. The predicted octanol–water partition coefficient (Wildman–Crippen LogP) is 3.15. The van der Waals surface area contributed by atoms with Crippen molar-refractivity contribution >= 4 is 38.5 Å². The molecule has 0 saturated heterocycles. The molecule has 0 unspecified atom stereocenters. The van der Waals surface area contributed by atoms with E-state index in [-0.39, 0.29) is 0 Å². The van der Waals surface area contributed by atoms with E-state index in [1.165, 1.54) is 0 Å². The van der Waals surface area contributed by atoms with Crippen molar-refractivity contribution < 1.29 is 4.74 Å². The third-order valence-corrected chi connectivity index (χ3v) is 3.52. The van der Waals surface area contributed by atoms with Gasteiger partial charge < -0.3 is 4.74 Å². The SMILES string of the molecule is Brc1nnn(CI)c1COCc1ccccc1. The largest absolute Gasteiger partial charge is 0.370 e. The zero-order chi connectivity index (χ0) is 12.1. The fourth-order valence-corrected chi connectivity index (χ4v) is 2.32. The van der Waals surface area contributed by atoms with E-state index in [1.54, 1.807) is 0 Å². The number of ether oxygens (including phenoxy) is 1. The third kappa shape index (κ3) is 3.49. The Morgan fingerprint density at radius 2 is 2.00 bits per heavy atom. The highest BCUT2D eigenvalue weighted by Crippen LogP contribution is 2.15. The highest BCUT2D eigenvalue weighted by Gasteiger charge is 2.09. The van der Waals surface area contributed by atoms with Gasteiger partial charge in [-0.25, -0.2) is 4.68 Å². The van der Waals surface area contributed by atoms with Crippen LogP contribution in [0.3, 0.4) is 0 Å². The van der Waals surface area contributed by atoms with Crippen molar-refractivity contribution in [2.24, 2.45) is 0 Å². The molecule has 1 aromatic heterocycles. The lowest BCUT2D eigenvalue weighted by atomic mass is 10.2. The molecule has 1 heterocycles. The minimum atomic E-state index is 0.505. The van der Waals surface area contributed by atoms with Crippen LogP contribution in [0.1, 0.15) is 11.3 Å². The fourth-order valence-electron chi connectivity index (χ4n) is 1.38. The van der Waals surface area contributed by atoms with Gasteiger partial charge in [0.15, 0.2) is 4.60 Å². The molecule has 2 aromatic rings. The van der Waals surface area contributed by atoms with Crippen molar-refractivity contribution in [2.45, 2.75) is 17.8 Å². The van der Waals surface area contributed by atoms with Crippen molar-refractivity contribution in [1.82, 2.24) is 15.0 Å². The van der Waals surface area contributed by atoms with E-state index in [1.807, 2.05) is 35.0 Å². The molecular weight excluding hydrogens is 397 g/mol. The summed E-state index contributed by atoms with van der Waals surface area (Å²) in [6.45, 7) is 1.10. The molecule has 0 aliphatic rings. The van der Waals surface area contributed by atoms with Crippen LogP contribution in [0.2, 0.25) is 0 Å². The summed E-state index contributed by atoms with van der Waals surface area (Å²) in [5.41, 5.74) is 2.13. The second kappa shape index (κ2) is 6.46. The first-order valence-corrected chi connectivity index (χ1v) is 7.38.